The summed E-state index contributed by atoms with van der Waals surface area (Å²) >= 11 is 0. The maximum atomic E-state index is 10.7. The van der Waals surface area contributed by atoms with Gasteiger partial charge in [-0.15, -0.1) is 0 Å². The Balaban J connectivity index is 2.56. The van der Waals surface area contributed by atoms with E-state index in [0.717, 1.165) is 17.0 Å². The van der Waals surface area contributed by atoms with Gasteiger partial charge in [0, 0.05) is 6.54 Å². The van der Waals surface area contributed by atoms with E-state index in [1.54, 1.807) is 14.0 Å². The highest BCUT2D eigenvalue weighted by Gasteiger charge is 2.10. The monoisotopic (exact) mass is 237 g/mol. The molecule has 17 heavy (non-hydrogen) atoms. The van der Waals surface area contributed by atoms with Gasteiger partial charge in [0.2, 0.25) is 0 Å². The Hall–Kier alpha value is -1.71. The molecule has 94 valence electrons. The highest BCUT2D eigenvalue weighted by atomic mass is 16.5. The molecule has 0 radical (unpaired) electrons. The zero-order chi connectivity index (χ0) is 12.8. The number of nitrogens with one attached hydrogen (secondary N) is 1. The minimum atomic E-state index is -0.761. The number of benzene rings is 1. The predicted octanol–water partition coefficient (Wildman–Crippen LogP) is 2.53. The van der Waals surface area contributed by atoms with E-state index in [1.807, 2.05) is 25.1 Å². The lowest BCUT2D eigenvalue weighted by Crippen LogP contribution is -2.14. The Bertz CT molecular complexity index is 390. The number of hydrogen-bond acceptors (Lipinski definition) is 3. The molecular weight excluding hydrogens is 218 g/mol. The molecule has 0 amide bonds. The predicted molar refractivity (Wildman–Crippen MR) is 67.6 cm³/mol. The molecule has 0 aliphatic heterocycles. The number of carboxylic acids is 1. The molecule has 1 rings (SSSR count). The summed E-state index contributed by atoms with van der Waals surface area (Å²) in [6.45, 7) is 4.33. The fourth-order valence-electron chi connectivity index (χ4n) is 1.51. The fourth-order valence-corrected chi connectivity index (χ4v) is 1.51. The minimum absolute atomic E-state index is 0.335. The standard InChI is InChI=1S/C13H19NO3/c1-9-4-5-12(17-3)11(8-9)14-7-6-10(2)13(15)16/h4-5,8,10,14H,6-7H2,1-3H3,(H,15,16). The summed E-state index contributed by atoms with van der Waals surface area (Å²) in [6.07, 6.45) is 0.590. The molecule has 0 bridgehead atoms. The van der Waals surface area contributed by atoms with Crippen LogP contribution in [0.5, 0.6) is 5.75 Å². The van der Waals surface area contributed by atoms with Gasteiger partial charge in [-0.05, 0) is 31.0 Å². The van der Waals surface area contributed by atoms with E-state index in [-0.39, 0.29) is 5.92 Å². The first-order valence-electron chi connectivity index (χ1n) is 5.66. The molecule has 4 heteroatoms. The van der Waals surface area contributed by atoms with Crippen molar-refractivity contribution >= 4 is 11.7 Å². The molecule has 0 saturated heterocycles. The van der Waals surface area contributed by atoms with Gasteiger partial charge in [-0.1, -0.05) is 13.0 Å². The van der Waals surface area contributed by atoms with Gasteiger partial charge in [0.15, 0.2) is 0 Å². The van der Waals surface area contributed by atoms with Crippen molar-refractivity contribution in [3.05, 3.63) is 23.8 Å². The number of aryl methyl sites for hydroxylation is 1. The number of carboxylic acid groups (broad SMARTS) is 1. The number of ether oxygens (including phenoxy) is 1. The van der Waals surface area contributed by atoms with Gasteiger partial charge in [-0.25, -0.2) is 0 Å². The Morgan fingerprint density at radius 3 is 2.82 bits per heavy atom. The number of anilines is 1. The van der Waals surface area contributed by atoms with Crippen molar-refractivity contribution in [3.63, 3.8) is 0 Å². The third-order valence-corrected chi connectivity index (χ3v) is 2.67. The van der Waals surface area contributed by atoms with Crippen molar-refractivity contribution in [2.24, 2.45) is 5.92 Å². The van der Waals surface area contributed by atoms with E-state index in [9.17, 15) is 4.79 Å². The smallest absolute Gasteiger partial charge is 0.306 e. The lowest BCUT2D eigenvalue weighted by atomic mass is 10.1. The highest BCUT2D eigenvalue weighted by molar-refractivity contribution is 5.69. The van der Waals surface area contributed by atoms with Crippen LogP contribution < -0.4 is 10.1 Å². The van der Waals surface area contributed by atoms with E-state index in [0.29, 0.717) is 13.0 Å². The number of hydrogen-bond donors (Lipinski definition) is 2. The molecule has 2 N–H and O–H groups in total. The van der Waals surface area contributed by atoms with Crippen LogP contribution in [0.2, 0.25) is 0 Å². The molecule has 0 aliphatic carbocycles. The summed E-state index contributed by atoms with van der Waals surface area (Å²) < 4.78 is 5.23. The van der Waals surface area contributed by atoms with E-state index in [1.165, 1.54) is 0 Å². The van der Waals surface area contributed by atoms with Gasteiger partial charge >= 0.3 is 5.97 Å². The zero-order valence-electron chi connectivity index (χ0n) is 10.5. The van der Waals surface area contributed by atoms with Gasteiger partial charge in [0.25, 0.3) is 0 Å². The van der Waals surface area contributed by atoms with Crippen molar-refractivity contribution in [2.45, 2.75) is 20.3 Å². The first-order chi connectivity index (χ1) is 8.04. The summed E-state index contributed by atoms with van der Waals surface area (Å²) in [7, 11) is 1.62. The van der Waals surface area contributed by atoms with Crippen LogP contribution in [0.25, 0.3) is 0 Å². The Morgan fingerprint density at radius 2 is 2.24 bits per heavy atom. The van der Waals surface area contributed by atoms with Gasteiger partial charge in [0.1, 0.15) is 5.75 Å². The molecule has 1 unspecified atom stereocenters. The molecule has 0 spiro atoms. The average Bonchev–Trinajstić information content (AvgIpc) is 2.29. The Morgan fingerprint density at radius 1 is 1.53 bits per heavy atom. The largest absolute Gasteiger partial charge is 0.495 e. The van der Waals surface area contributed by atoms with Gasteiger partial charge in [-0.2, -0.15) is 0 Å². The number of rotatable bonds is 6. The van der Waals surface area contributed by atoms with Crippen molar-refractivity contribution in [2.75, 3.05) is 19.0 Å². The van der Waals surface area contributed by atoms with Crippen LogP contribution in [0.15, 0.2) is 18.2 Å². The summed E-state index contributed by atoms with van der Waals surface area (Å²) in [5.41, 5.74) is 2.05. The van der Waals surface area contributed by atoms with Gasteiger partial charge in [0.05, 0.1) is 18.7 Å². The van der Waals surface area contributed by atoms with E-state index in [4.69, 9.17) is 9.84 Å². The van der Waals surface area contributed by atoms with Crippen molar-refractivity contribution in [1.29, 1.82) is 0 Å². The fraction of sp³-hybridized carbons (Fsp3) is 0.462. The molecule has 0 aliphatic rings. The summed E-state index contributed by atoms with van der Waals surface area (Å²) in [6, 6.07) is 5.87. The third-order valence-electron chi connectivity index (χ3n) is 2.67. The lowest BCUT2D eigenvalue weighted by Gasteiger charge is -2.13. The summed E-state index contributed by atoms with van der Waals surface area (Å²) in [4.78, 5) is 10.7. The van der Waals surface area contributed by atoms with Crippen molar-refractivity contribution < 1.29 is 14.6 Å². The zero-order valence-corrected chi connectivity index (χ0v) is 10.5. The lowest BCUT2D eigenvalue weighted by molar-refractivity contribution is -0.141. The molecule has 4 nitrogen and oxygen atoms in total. The average molecular weight is 237 g/mol. The molecule has 0 heterocycles. The van der Waals surface area contributed by atoms with Gasteiger partial charge in [-0.3, -0.25) is 4.79 Å². The van der Waals surface area contributed by atoms with Gasteiger partial charge < -0.3 is 15.2 Å². The third kappa shape index (κ3) is 3.98. The second-order valence-corrected chi connectivity index (χ2v) is 4.16. The maximum absolute atomic E-state index is 10.7. The molecule has 1 atom stereocenters. The number of carbonyl (C=O) groups is 1. The molecule has 0 aromatic heterocycles. The van der Waals surface area contributed by atoms with E-state index < -0.39 is 5.97 Å². The van der Waals surface area contributed by atoms with Crippen molar-refractivity contribution in [1.82, 2.24) is 0 Å². The molecular formula is C13H19NO3. The molecule has 0 fully saturated rings. The van der Waals surface area contributed by atoms with Crippen LogP contribution in [-0.2, 0) is 4.79 Å². The highest BCUT2D eigenvalue weighted by Crippen LogP contribution is 2.25. The van der Waals surface area contributed by atoms with Crippen LogP contribution in [0, 0.1) is 12.8 Å². The van der Waals surface area contributed by atoms with Crippen LogP contribution in [0.3, 0.4) is 0 Å². The first-order valence-corrected chi connectivity index (χ1v) is 5.66. The Kier molecular flexibility index (Phi) is 4.82. The molecule has 1 aromatic rings. The molecule has 0 saturated carbocycles. The molecule has 1 aromatic carbocycles. The summed E-state index contributed by atoms with van der Waals surface area (Å²) in [5, 5.41) is 12.0. The van der Waals surface area contributed by atoms with Crippen LogP contribution in [-0.4, -0.2) is 24.7 Å². The Labute approximate surface area is 102 Å². The second-order valence-electron chi connectivity index (χ2n) is 4.16. The van der Waals surface area contributed by atoms with Crippen LogP contribution in [0.4, 0.5) is 5.69 Å². The summed E-state index contributed by atoms with van der Waals surface area (Å²) in [5.74, 6) is -0.320. The van der Waals surface area contributed by atoms with Crippen LogP contribution in [0.1, 0.15) is 18.9 Å². The van der Waals surface area contributed by atoms with E-state index >= 15 is 0 Å². The number of aliphatic carboxylic acids is 1. The van der Waals surface area contributed by atoms with E-state index in [2.05, 4.69) is 5.32 Å². The first kappa shape index (κ1) is 13.4. The quantitative estimate of drug-likeness (QED) is 0.798. The maximum Gasteiger partial charge on any atom is 0.306 e. The number of methoxy groups -OCH3 is 1. The SMILES string of the molecule is COc1ccc(C)cc1NCCC(C)C(=O)O. The topological polar surface area (TPSA) is 58.6 Å². The minimum Gasteiger partial charge on any atom is -0.495 e. The second kappa shape index (κ2) is 6.13. The van der Waals surface area contributed by atoms with Crippen molar-refractivity contribution in [3.8, 4) is 5.75 Å². The normalized spacial score (nSPS) is 11.9. The van der Waals surface area contributed by atoms with Crippen LogP contribution >= 0.6 is 0 Å².